The average Bonchev–Trinajstić information content (AvgIpc) is 2.02. The quantitative estimate of drug-likeness (QED) is 0.335. The van der Waals surface area contributed by atoms with Gasteiger partial charge in [-0.05, 0) is 32.3 Å². The molecule has 0 amide bonds. The van der Waals surface area contributed by atoms with Gasteiger partial charge in [-0.3, -0.25) is 4.79 Å². The van der Waals surface area contributed by atoms with Gasteiger partial charge in [0.2, 0.25) is 0 Å². The van der Waals surface area contributed by atoms with E-state index in [1.165, 1.54) is 0 Å². The summed E-state index contributed by atoms with van der Waals surface area (Å²) in [6.45, 7) is 5.14. The summed E-state index contributed by atoms with van der Waals surface area (Å²) in [4.78, 5) is 10.5. The number of unbranched alkanes of at least 4 members (excludes halogenated alkanes) is 2. The van der Waals surface area contributed by atoms with Crippen molar-refractivity contribution < 1.29 is 4.79 Å². The van der Waals surface area contributed by atoms with Crippen LogP contribution in [0, 0.1) is 0 Å². The fraction of sp³-hybridized carbons (Fsp3) is 0.364. The predicted molar refractivity (Wildman–Crippen MR) is 53.0 cm³/mol. The van der Waals surface area contributed by atoms with Gasteiger partial charge in [-0.15, -0.1) is 0 Å². The van der Waals surface area contributed by atoms with Crippen LogP contribution in [0.3, 0.4) is 0 Å². The minimum atomic E-state index is 0.122. The fourth-order valence-corrected chi connectivity index (χ4v) is 0.795. The molecule has 0 aliphatic heterocycles. The summed E-state index contributed by atoms with van der Waals surface area (Å²) in [5, 5.41) is 0. The van der Waals surface area contributed by atoms with E-state index in [2.05, 4.69) is 12.7 Å². The van der Waals surface area contributed by atoms with Crippen molar-refractivity contribution in [1.82, 2.24) is 0 Å². The summed E-state index contributed by atoms with van der Waals surface area (Å²) >= 11 is 0. The molecule has 0 saturated carbocycles. The minimum Gasteiger partial charge on any atom is -0.295 e. The van der Waals surface area contributed by atoms with Crippen LogP contribution in [0.25, 0.3) is 0 Å². The second-order valence-corrected chi connectivity index (χ2v) is 2.61. The molecule has 66 valence electrons. The van der Waals surface area contributed by atoms with Crippen molar-refractivity contribution in [3.05, 3.63) is 37.0 Å². The molecule has 0 spiro atoms. The molecular formula is C11H16O. The highest BCUT2D eigenvalue weighted by Gasteiger charge is 1.82. The van der Waals surface area contributed by atoms with Gasteiger partial charge in [-0.25, -0.2) is 0 Å². The zero-order valence-electron chi connectivity index (χ0n) is 7.62. The van der Waals surface area contributed by atoms with Crippen molar-refractivity contribution in [2.45, 2.75) is 26.2 Å². The normalized spacial score (nSPS) is 11.1. The maximum Gasteiger partial charge on any atom is 0.152 e. The molecule has 0 radical (unpaired) electrons. The van der Waals surface area contributed by atoms with Gasteiger partial charge < -0.3 is 0 Å². The average molecular weight is 164 g/mol. The third-order valence-corrected chi connectivity index (χ3v) is 1.37. The fourth-order valence-electron chi connectivity index (χ4n) is 0.795. The first kappa shape index (κ1) is 10.9. The molecule has 0 N–H and O–H groups in total. The highest BCUT2D eigenvalue weighted by molar-refractivity contribution is 5.87. The summed E-state index contributed by atoms with van der Waals surface area (Å²) in [5.74, 6) is 0.122. The number of carbonyl (C=O) groups excluding carboxylic acids is 1. The van der Waals surface area contributed by atoms with Crippen molar-refractivity contribution in [2.75, 3.05) is 0 Å². The van der Waals surface area contributed by atoms with E-state index in [0.29, 0.717) is 0 Å². The molecule has 0 bridgehead atoms. The lowest BCUT2D eigenvalue weighted by Gasteiger charge is -1.88. The zero-order valence-corrected chi connectivity index (χ0v) is 7.62. The third-order valence-electron chi connectivity index (χ3n) is 1.37. The number of hydrogen-bond acceptors (Lipinski definition) is 1. The molecule has 0 unspecified atom stereocenters. The van der Waals surface area contributed by atoms with Crippen molar-refractivity contribution in [3.8, 4) is 0 Å². The number of ketones is 1. The van der Waals surface area contributed by atoms with Crippen LogP contribution in [-0.2, 0) is 4.79 Å². The first-order valence-corrected chi connectivity index (χ1v) is 4.22. The van der Waals surface area contributed by atoms with Crippen LogP contribution in [0.15, 0.2) is 37.0 Å². The van der Waals surface area contributed by atoms with E-state index in [1.807, 2.05) is 12.2 Å². The highest BCUT2D eigenvalue weighted by atomic mass is 16.1. The van der Waals surface area contributed by atoms with Crippen LogP contribution in [0.2, 0.25) is 0 Å². The van der Waals surface area contributed by atoms with E-state index < -0.39 is 0 Å². The minimum absolute atomic E-state index is 0.122. The smallest absolute Gasteiger partial charge is 0.152 e. The number of hydrogen-bond donors (Lipinski definition) is 0. The number of carbonyl (C=O) groups is 1. The van der Waals surface area contributed by atoms with E-state index in [4.69, 9.17) is 0 Å². The SMILES string of the molecule is C=C/C=C/CCC/C=C/C(C)=O. The Bertz CT molecular complexity index is 187. The Kier molecular flexibility index (Phi) is 7.25. The molecule has 0 aliphatic carbocycles. The summed E-state index contributed by atoms with van der Waals surface area (Å²) < 4.78 is 0. The Labute approximate surface area is 74.5 Å². The highest BCUT2D eigenvalue weighted by Crippen LogP contribution is 1.97. The van der Waals surface area contributed by atoms with E-state index in [0.717, 1.165) is 19.3 Å². The van der Waals surface area contributed by atoms with Gasteiger partial charge in [-0.2, -0.15) is 0 Å². The van der Waals surface area contributed by atoms with Gasteiger partial charge in [-0.1, -0.05) is 30.9 Å². The van der Waals surface area contributed by atoms with Gasteiger partial charge in [0.1, 0.15) is 0 Å². The Hall–Kier alpha value is -1.11. The Morgan fingerprint density at radius 1 is 1.33 bits per heavy atom. The molecular weight excluding hydrogens is 148 g/mol. The van der Waals surface area contributed by atoms with Gasteiger partial charge in [0.25, 0.3) is 0 Å². The van der Waals surface area contributed by atoms with Crippen LogP contribution >= 0.6 is 0 Å². The number of allylic oxidation sites excluding steroid dienone is 5. The van der Waals surface area contributed by atoms with Gasteiger partial charge in [0, 0.05) is 0 Å². The molecule has 0 saturated heterocycles. The molecule has 0 aromatic heterocycles. The van der Waals surface area contributed by atoms with E-state index in [9.17, 15) is 4.79 Å². The van der Waals surface area contributed by atoms with Crippen molar-refractivity contribution in [2.24, 2.45) is 0 Å². The molecule has 0 atom stereocenters. The topological polar surface area (TPSA) is 17.1 Å². The Morgan fingerprint density at radius 2 is 2.00 bits per heavy atom. The summed E-state index contributed by atoms with van der Waals surface area (Å²) in [6.07, 6.45) is 12.4. The third kappa shape index (κ3) is 8.89. The van der Waals surface area contributed by atoms with Crippen LogP contribution in [0.1, 0.15) is 26.2 Å². The van der Waals surface area contributed by atoms with E-state index in [-0.39, 0.29) is 5.78 Å². The van der Waals surface area contributed by atoms with Crippen molar-refractivity contribution in [1.29, 1.82) is 0 Å². The summed E-state index contributed by atoms with van der Waals surface area (Å²) in [6, 6.07) is 0. The molecule has 0 aromatic carbocycles. The largest absolute Gasteiger partial charge is 0.295 e. The summed E-state index contributed by atoms with van der Waals surface area (Å²) in [7, 11) is 0. The van der Waals surface area contributed by atoms with Crippen LogP contribution < -0.4 is 0 Å². The zero-order chi connectivity index (χ0) is 9.23. The lowest BCUT2D eigenvalue weighted by Crippen LogP contribution is -1.79. The molecule has 1 heteroatoms. The molecule has 0 aromatic rings. The first-order valence-electron chi connectivity index (χ1n) is 4.22. The van der Waals surface area contributed by atoms with E-state index in [1.54, 1.807) is 19.1 Å². The lowest BCUT2D eigenvalue weighted by atomic mass is 10.2. The second-order valence-electron chi connectivity index (χ2n) is 2.61. The van der Waals surface area contributed by atoms with Crippen molar-refractivity contribution >= 4 is 5.78 Å². The molecule has 1 nitrogen and oxygen atoms in total. The van der Waals surface area contributed by atoms with Crippen LogP contribution in [-0.4, -0.2) is 5.78 Å². The van der Waals surface area contributed by atoms with E-state index >= 15 is 0 Å². The Balaban J connectivity index is 3.26. The first-order chi connectivity index (χ1) is 5.77. The van der Waals surface area contributed by atoms with Gasteiger partial charge in [0.05, 0.1) is 0 Å². The summed E-state index contributed by atoms with van der Waals surface area (Å²) in [5.41, 5.74) is 0. The second kappa shape index (κ2) is 7.99. The van der Waals surface area contributed by atoms with Crippen molar-refractivity contribution in [3.63, 3.8) is 0 Å². The molecule has 0 rings (SSSR count). The monoisotopic (exact) mass is 164 g/mol. The molecule has 0 fully saturated rings. The maximum absolute atomic E-state index is 10.5. The predicted octanol–water partition coefficient (Wildman–Crippen LogP) is 3.04. The lowest BCUT2D eigenvalue weighted by molar-refractivity contribution is -0.112. The Morgan fingerprint density at radius 3 is 2.58 bits per heavy atom. The molecule has 12 heavy (non-hydrogen) atoms. The number of rotatable bonds is 6. The molecule has 0 heterocycles. The maximum atomic E-state index is 10.5. The van der Waals surface area contributed by atoms with Crippen LogP contribution in [0.4, 0.5) is 0 Å². The molecule has 0 aliphatic rings. The van der Waals surface area contributed by atoms with Gasteiger partial charge in [0.15, 0.2) is 5.78 Å². The van der Waals surface area contributed by atoms with Crippen LogP contribution in [0.5, 0.6) is 0 Å². The standard InChI is InChI=1S/C11H16O/c1-3-4-5-6-7-8-9-10-11(2)12/h3-5,9-10H,1,6-8H2,2H3/b5-4+,10-9+. The van der Waals surface area contributed by atoms with Gasteiger partial charge >= 0.3 is 0 Å².